The molecule has 0 bridgehead atoms. The lowest BCUT2D eigenvalue weighted by molar-refractivity contribution is 0.0695. The van der Waals surface area contributed by atoms with Gasteiger partial charge in [0.25, 0.3) is 0 Å². The Morgan fingerprint density at radius 1 is 1.20 bits per heavy atom. The van der Waals surface area contributed by atoms with Crippen LogP contribution >= 0.6 is 0 Å². The maximum absolute atomic E-state index is 13.4. The number of hydrogen-bond acceptors (Lipinski definition) is 4. The van der Waals surface area contributed by atoms with Crippen LogP contribution in [-0.4, -0.2) is 55.1 Å². The summed E-state index contributed by atoms with van der Waals surface area (Å²) in [6, 6.07) is 7.31. The topological polar surface area (TPSA) is 42.3 Å². The minimum Gasteiger partial charge on any atom is -0.314 e. The van der Waals surface area contributed by atoms with E-state index in [-0.39, 0.29) is 5.82 Å². The summed E-state index contributed by atoms with van der Waals surface area (Å²) in [5.41, 5.74) is 1.29. The van der Waals surface area contributed by atoms with E-state index < -0.39 is 0 Å². The minimum atomic E-state index is -0.321. The lowest BCUT2D eigenvalue weighted by atomic mass is 10.1. The van der Waals surface area contributed by atoms with Gasteiger partial charge >= 0.3 is 0 Å². The van der Waals surface area contributed by atoms with E-state index in [0.717, 1.165) is 51.4 Å². The predicted molar refractivity (Wildman–Crippen MR) is 74.6 cm³/mol. The smallest absolute Gasteiger partial charge is 0.124 e. The Morgan fingerprint density at radius 3 is 2.55 bits per heavy atom. The van der Waals surface area contributed by atoms with Gasteiger partial charge in [0, 0.05) is 51.9 Å². The highest BCUT2D eigenvalue weighted by molar-refractivity contribution is 5.33. The van der Waals surface area contributed by atoms with Crippen molar-refractivity contribution in [1.29, 1.82) is 5.26 Å². The van der Waals surface area contributed by atoms with Crippen molar-refractivity contribution in [1.82, 2.24) is 15.1 Å². The maximum atomic E-state index is 13.4. The van der Waals surface area contributed by atoms with E-state index in [4.69, 9.17) is 5.26 Å². The summed E-state index contributed by atoms with van der Waals surface area (Å²) < 4.78 is 13.4. The molecule has 2 aliphatic rings. The quantitative estimate of drug-likeness (QED) is 0.885. The molecule has 5 heteroatoms. The molecule has 0 atom stereocenters. The van der Waals surface area contributed by atoms with Crippen LogP contribution in [0, 0.1) is 17.1 Å². The second kappa shape index (κ2) is 5.88. The van der Waals surface area contributed by atoms with Gasteiger partial charge in [0.2, 0.25) is 0 Å². The second-order valence-corrected chi connectivity index (χ2v) is 5.58. The van der Waals surface area contributed by atoms with Crippen LogP contribution in [0.5, 0.6) is 0 Å². The third-order valence-corrected chi connectivity index (χ3v) is 4.18. The third-order valence-electron chi connectivity index (χ3n) is 4.18. The lowest BCUT2D eigenvalue weighted by Gasteiger charge is -2.43. The molecule has 106 valence electrons. The fraction of sp³-hybridized carbons (Fsp3) is 0.533. The van der Waals surface area contributed by atoms with Crippen LogP contribution in [0.2, 0.25) is 0 Å². The van der Waals surface area contributed by atoms with E-state index in [9.17, 15) is 4.39 Å². The third kappa shape index (κ3) is 2.98. The van der Waals surface area contributed by atoms with E-state index >= 15 is 0 Å². The first kappa shape index (κ1) is 13.5. The number of piperazine rings is 1. The Morgan fingerprint density at radius 2 is 1.95 bits per heavy atom. The first-order valence-corrected chi connectivity index (χ1v) is 7.11. The molecule has 3 rings (SSSR count). The molecule has 2 saturated heterocycles. The summed E-state index contributed by atoms with van der Waals surface area (Å²) >= 11 is 0. The van der Waals surface area contributed by atoms with Crippen molar-refractivity contribution in [2.45, 2.75) is 12.6 Å². The fourth-order valence-electron chi connectivity index (χ4n) is 2.88. The minimum absolute atomic E-state index is 0.321. The number of nitrogens with one attached hydrogen (secondary N) is 1. The van der Waals surface area contributed by atoms with Gasteiger partial charge in [-0.15, -0.1) is 0 Å². The molecule has 2 fully saturated rings. The van der Waals surface area contributed by atoms with Crippen LogP contribution in [0.3, 0.4) is 0 Å². The van der Waals surface area contributed by atoms with Gasteiger partial charge in [0.1, 0.15) is 5.82 Å². The molecule has 0 aliphatic carbocycles. The largest absolute Gasteiger partial charge is 0.314 e. The lowest BCUT2D eigenvalue weighted by Crippen LogP contribution is -2.61. The number of rotatable bonds is 3. The Bertz CT molecular complexity index is 513. The Labute approximate surface area is 118 Å². The number of hydrogen-bond donors (Lipinski definition) is 1. The van der Waals surface area contributed by atoms with Crippen molar-refractivity contribution in [2.24, 2.45) is 0 Å². The van der Waals surface area contributed by atoms with Crippen molar-refractivity contribution in [3.63, 3.8) is 0 Å². The molecular formula is C15H19FN4. The summed E-state index contributed by atoms with van der Waals surface area (Å²) in [5, 5.41) is 12.2. The van der Waals surface area contributed by atoms with Crippen LogP contribution in [0.1, 0.15) is 11.1 Å². The summed E-state index contributed by atoms with van der Waals surface area (Å²) in [4.78, 5) is 4.86. The molecule has 0 spiro atoms. The second-order valence-electron chi connectivity index (χ2n) is 5.58. The molecule has 0 amide bonds. The zero-order valence-corrected chi connectivity index (χ0v) is 11.5. The first-order valence-electron chi connectivity index (χ1n) is 7.11. The molecule has 4 nitrogen and oxygen atoms in total. The number of benzene rings is 1. The van der Waals surface area contributed by atoms with Crippen LogP contribution < -0.4 is 5.32 Å². The molecule has 2 heterocycles. The molecule has 0 unspecified atom stereocenters. The fourth-order valence-corrected chi connectivity index (χ4v) is 2.88. The highest BCUT2D eigenvalue weighted by Gasteiger charge is 2.27. The maximum Gasteiger partial charge on any atom is 0.124 e. The average Bonchev–Trinajstić information content (AvgIpc) is 2.38. The SMILES string of the molecule is N#Cc1cc(F)cc(CN2CCN(C3CNC3)CC2)c1. The summed E-state index contributed by atoms with van der Waals surface area (Å²) in [6.07, 6.45) is 0. The van der Waals surface area contributed by atoms with Gasteiger partial charge in [-0.3, -0.25) is 9.80 Å². The molecule has 0 saturated carbocycles. The highest BCUT2D eigenvalue weighted by atomic mass is 19.1. The van der Waals surface area contributed by atoms with E-state index in [1.54, 1.807) is 6.07 Å². The molecule has 1 aromatic rings. The summed E-state index contributed by atoms with van der Waals surface area (Å²) in [7, 11) is 0. The van der Waals surface area contributed by atoms with Gasteiger partial charge in [-0.2, -0.15) is 5.26 Å². The molecule has 1 N–H and O–H groups in total. The number of nitriles is 1. The molecule has 0 radical (unpaired) electrons. The molecule has 1 aromatic carbocycles. The van der Waals surface area contributed by atoms with Crippen molar-refractivity contribution in [2.75, 3.05) is 39.3 Å². The van der Waals surface area contributed by atoms with Crippen molar-refractivity contribution >= 4 is 0 Å². The number of halogens is 1. The van der Waals surface area contributed by atoms with Gasteiger partial charge in [-0.25, -0.2) is 4.39 Å². The zero-order valence-electron chi connectivity index (χ0n) is 11.5. The molecule has 20 heavy (non-hydrogen) atoms. The Kier molecular flexibility index (Phi) is 3.97. The van der Waals surface area contributed by atoms with Crippen LogP contribution in [0.4, 0.5) is 4.39 Å². The van der Waals surface area contributed by atoms with Crippen molar-refractivity contribution in [3.8, 4) is 6.07 Å². The van der Waals surface area contributed by atoms with Crippen LogP contribution in [0.25, 0.3) is 0 Å². The monoisotopic (exact) mass is 274 g/mol. The van der Waals surface area contributed by atoms with Gasteiger partial charge < -0.3 is 5.32 Å². The molecular weight excluding hydrogens is 255 g/mol. The summed E-state index contributed by atoms with van der Waals surface area (Å²) in [5.74, 6) is -0.321. The first-order chi connectivity index (χ1) is 9.74. The van der Waals surface area contributed by atoms with Gasteiger partial charge in [0.15, 0.2) is 0 Å². The van der Waals surface area contributed by atoms with E-state index in [1.807, 2.05) is 6.07 Å². The van der Waals surface area contributed by atoms with E-state index in [2.05, 4.69) is 15.1 Å². The normalized spacial score (nSPS) is 21.4. The zero-order chi connectivity index (χ0) is 13.9. The van der Waals surface area contributed by atoms with E-state index in [0.29, 0.717) is 11.6 Å². The summed E-state index contributed by atoms with van der Waals surface area (Å²) in [6.45, 7) is 7.11. The number of nitrogens with zero attached hydrogens (tertiary/aromatic N) is 3. The highest BCUT2D eigenvalue weighted by Crippen LogP contribution is 2.14. The van der Waals surface area contributed by atoms with Crippen molar-refractivity contribution < 1.29 is 4.39 Å². The van der Waals surface area contributed by atoms with Gasteiger partial charge in [-0.05, 0) is 23.8 Å². The van der Waals surface area contributed by atoms with Crippen molar-refractivity contribution in [3.05, 3.63) is 35.1 Å². The molecule has 2 aliphatic heterocycles. The predicted octanol–water partition coefficient (Wildman–Crippen LogP) is 0.787. The molecule has 0 aromatic heterocycles. The standard InChI is InChI=1S/C15H19FN4/c16-14-6-12(8-17)5-13(7-14)11-19-1-3-20(4-2-19)15-9-18-10-15/h5-7,15,18H,1-4,9-11H2. The van der Waals surface area contributed by atoms with Gasteiger partial charge in [-0.1, -0.05) is 0 Å². The average molecular weight is 274 g/mol. The van der Waals surface area contributed by atoms with E-state index in [1.165, 1.54) is 12.1 Å². The van der Waals surface area contributed by atoms with Crippen LogP contribution in [-0.2, 0) is 6.54 Å². The van der Waals surface area contributed by atoms with Gasteiger partial charge in [0.05, 0.1) is 11.6 Å². The van der Waals surface area contributed by atoms with Crippen LogP contribution in [0.15, 0.2) is 18.2 Å². The Hall–Kier alpha value is -1.48. The Balaban J connectivity index is 1.56.